The van der Waals surface area contributed by atoms with Crippen molar-refractivity contribution in [2.75, 3.05) is 19.0 Å². The van der Waals surface area contributed by atoms with E-state index in [1.807, 2.05) is 0 Å². The number of hydrogen-bond donors (Lipinski definition) is 1. The summed E-state index contributed by atoms with van der Waals surface area (Å²) in [6, 6.07) is 9.46. The lowest BCUT2D eigenvalue weighted by Gasteiger charge is -2.04. The van der Waals surface area contributed by atoms with Crippen molar-refractivity contribution >= 4 is 11.8 Å². The number of ether oxygens (including phenoxy) is 1. The van der Waals surface area contributed by atoms with Gasteiger partial charge in [-0.05, 0) is 24.3 Å². The predicted molar refractivity (Wildman–Crippen MR) is 67.9 cm³/mol. The highest BCUT2D eigenvalue weighted by Crippen LogP contribution is 2.17. The topological polar surface area (TPSA) is 64.1 Å². The van der Waals surface area contributed by atoms with Gasteiger partial charge in [-0.2, -0.15) is 0 Å². The van der Waals surface area contributed by atoms with Gasteiger partial charge in [0.15, 0.2) is 0 Å². The monoisotopic (exact) mass is 261 g/mol. The van der Waals surface area contributed by atoms with Crippen LogP contribution in [0.25, 0.3) is 11.3 Å². The van der Waals surface area contributed by atoms with E-state index in [9.17, 15) is 9.18 Å². The number of aromatic nitrogens is 2. The normalized spacial score (nSPS) is 10.0. The van der Waals surface area contributed by atoms with Crippen molar-refractivity contribution in [3.8, 4) is 11.3 Å². The zero-order chi connectivity index (χ0) is 13.7. The van der Waals surface area contributed by atoms with Crippen molar-refractivity contribution in [3.63, 3.8) is 0 Å². The number of halogens is 1. The SMILES string of the molecule is COC(=O)CNc1ccc(-c2cccc(F)c2)nn1. The molecule has 0 atom stereocenters. The minimum absolute atomic E-state index is 0.0183. The molecular formula is C13H12FN3O2. The van der Waals surface area contributed by atoms with Gasteiger partial charge in [-0.15, -0.1) is 10.2 Å². The summed E-state index contributed by atoms with van der Waals surface area (Å²) in [6.45, 7) is 0.0183. The quantitative estimate of drug-likeness (QED) is 0.851. The fourth-order valence-electron chi connectivity index (χ4n) is 1.46. The number of methoxy groups -OCH3 is 1. The minimum atomic E-state index is -0.393. The van der Waals surface area contributed by atoms with E-state index < -0.39 is 5.97 Å². The highest BCUT2D eigenvalue weighted by atomic mass is 19.1. The molecule has 0 saturated carbocycles. The van der Waals surface area contributed by atoms with Crippen LogP contribution in [0, 0.1) is 5.82 Å². The Balaban J connectivity index is 2.08. The van der Waals surface area contributed by atoms with E-state index in [0.29, 0.717) is 17.1 Å². The Morgan fingerprint density at radius 1 is 1.32 bits per heavy atom. The zero-order valence-corrected chi connectivity index (χ0v) is 10.3. The Labute approximate surface area is 109 Å². The van der Waals surface area contributed by atoms with Crippen molar-refractivity contribution < 1.29 is 13.9 Å². The Bertz CT molecular complexity index is 572. The summed E-state index contributed by atoms with van der Waals surface area (Å²) < 4.78 is 17.6. The first-order chi connectivity index (χ1) is 9.19. The van der Waals surface area contributed by atoms with Crippen LogP contribution >= 0.6 is 0 Å². The molecule has 98 valence electrons. The maximum Gasteiger partial charge on any atom is 0.325 e. The second-order valence-electron chi connectivity index (χ2n) is 3.74. The van der Waals surface area contributed by atoms with Crippen molar-refractivity contribution in [1.82, 2.24) is 10.2 Å². The maximum absolute atomic E-state index is 13.1. The molecule has 1 N–H and O–H groups in total. The number of hydrogen-bond acceptors (Lipinski definition) is 5. The van der Waals surface area contributed by atoms with Gasteiger partial charge in [0.25, 0.3) is 0 Å². The van der Waals surface area contributed by atoms with Crippen LogP contribution in [0.1, 0.15) is 0 Å². The summed E-state index contributed by atoms with van der Waals surface area (Å²) in [6.07, 6.45) is 0. The van der Waals surface area contributed by atoms with Crippen LogP contribution in [0.4, 0.5) is 10.2 Å². The molecular weight excluding hydrogens is 249 g/mol. The largest absolute Gasteiger partial charge is 0.468 e. The lowest BCUT2D eigenvalue weighted by Crippen LogP contribution is -2.15. The molecule has 19 heavy (non-hydrogen) atoms. The summed E-state index contributed by atoms with van der Waals surface area (Å²) in [5.41, 5.74) is 1.20. The molecule has 5 nitrogen and oxygen atoms in total. The Morgan fingerprint density at radius 2 is 2.16 bits per heavy atom. The number of carbonyl (C=O) groups excluding carboxylic acids is 1. The third-order valence-electron chi connectivity index (χ3n) is 2.43. The number of nitrogens with zero attached hydrogens (tertiary/aromatic N) is 2. The first kappa shape index (κ1) is 12.9. The van der Waals surface area contributed by atoms with Gasteiger partial charge in [-0.1, -0.05) is 12.1 Å². The average Bonchev–Trinajstić information content (AvgIpc) is 2.45. The molecule has 1 heterocycles. The van der Waals surface area contributed by atoms with E-state index in [2.05, 4.69) is 20.3 Å². The summed E-state index contributed by atoms with van der Waals surface area (Å²) >= 11 is 0. The van der Waals surface area contributed by atoms with Gasteiger partial charge in [0, 0.05) is 5.56 Å². The van der Waals surface area contributed by atoms with E-state index in [4.69, 9.17) is 0 Å². The highest BCUT2D eigenvalue weighted by molar-refractivity contribution is 5.74. The molecule has 0 aliphatic heterocycles. The first-order valence-electron chi connectivity index (χ1n) is 5.59. The van der Waals surface area contributed by atoms with Crippen molar-refractivity contribution in [3.05, 3.63) is 42.2 Å². The predicted octanol–water partition coefficient (Wildman–Crippen LogP) is 1.87. The fourth-order valence-corrected chi connectivity index (χ4v) is 1.46. The molecule has 1 aromatic carbocycles. The highest BCUT2D eigenvalue weighted by Gasteiger charge is 2.04. The average molecular weight is 261 g/mol. The lowest BCUT2D eigenvalue weighted by atomic mass is 10.1. The van der Waals surface area contributed by atoms with Crippen LogP contribution in [0.15, 0.2) is 36.4 Å². The molecule has 0 amide bonds. The summed E-state index contributed by atoms with van der Waals surface area (Å²) in [5, 5.41) is 10.6. The number of anilines is 1. The molecule has 0 spiro atoms. The molecule has 2 rings (SSSR count). The van der Waals surface area contributed by atoms with Crippen molar-refractivity contribution in [2.24, 2.45) is 0 Å². The van der Waals surface area contributed by atoms with Gasteiger partial charge in [0.2, 0.25) is 0 Å². The number of benzene rings is 1. The number of esters is 1. The molecule has 1 aromatic heterocycles. The van der Waals surface area contributed by atoms with Crippen LogP contribution in [-0.2, 0) is 9.53 Å². The molecule has 6 heteroatoms. The van der Waals surface area contributed by atoms with Crippen LogP contribution in [0.2, 0.25) is 0 Å². The van der Waals surface area contributed by atoms with Crippen LogP contribution < -0.4 is 5.32 Å². The molecule has 0 aliphatic rings. The summed E-state index contributed by atoms with van der Waals surface area (Å²) in [5.74, 6) is -0.270. The fraction of sp³-hybridized carbons (Fsp3) is 0.154. The van der Waals surface area contributed by atoms with Gasteiger partial charge >= 0.3 is 5.97 Å². The van der Waals surface area contributed by atoms with Crippen LogP contribution in [0.5, 0.6) is 0 Å². The van der Waals surface area contributed by atoms with E-state index in [1.165, 1.54) is 19.2 Å². The third-order valence-corrected chi connectivity index (χ3v) is 2.43. The standard InChI is InChI=1S/C13H12FN3O2/c1-19-13(18)8-15-12-6-5-11(16-17-12)9-3-2-4-10(14)7-9/h2-7H,8H2,1H3,(H,15,17). The lowest BCUT2D eigenvalue weighted by molar-refractivity contribution is -0.138. The van der Waals surface area contributed by atoms with Crippen LogP contribution in [0.3, 0.4) is 0 Å². The molecule has 0 aliphatic carbocycles. The molecule has 0 fully saturated rings. The van der Waals surface area contributed by atoms with E-state index in [-0.39, 0.29) is 12.4 Å². The number of carbonyl (C=O) groups is 1. The second-order valence-corrected chi connectivity index (χ2v) is 3.74. The summed E-state index contributed by atoms with van der Waals surface area (Å²) in [4.78, 5) is 10.9. The summed E-state index contributed by atoms with van der Waals surface area (Å²) in [7, 11) is 1.31. The van der Waals surface area contributed by atoms with Crippen molar-refractivity contribution in [1.29, 1.82) is 0 Å². The third kappa shape index (κ3) is 3.48. The van der Waals surface area contributed by atoms with E-state index in [1.54, 1.807) is 24.3 Å². The maximum atomic E-state index is 13.1. The smallest absolute Gasteiger partial charge is 0.325 e. The Morgan fingerprint density at radius 3 is 2.79 bits per heavy atom. The molecule has 0 unspecified atom stereocenters. The molecule has 0 saturated heterocycles. The minimum Gasteiger partial charge on any atom is -0.468 e. The zero-order valence-electron chi connectivity index (χ0n) is 10.3. The molecule has 0 radical (unpaired) electrons. The van der Waals surface area contributed by atoms with Gasteiger partial charge in [-0.3, -0.25) is 4.79 Å². The van der Waals surface area contributed by atoms with Gasteiger partial charge in [0.05, 0.1) is 12.8 Å². The Hall–Kier alpha value is -2.50. The second kappa shape index (κ2) is 5.90. The van der Waals surface area contributed by atoms with Crippen molar-refractivity contribution in [2.45, 2.75) is 0 Å². The van der Waals surface area contributed by atoms with Gasteiger partial charge in [0.1, 0.15) is 18.2 Å². The van der Waals surface area contributed by atoms with Gasteiger partial charge in [-0.25, -0.2) is 4.39 Å². The molecule has 0 bridgehead atoms. The van der Waals surface area contributed by atoms with E-state index in [0.717, 1.165) is 0 Å². The number of rotatable bonds is 4. The van der Waals surface area contributed by atoms with Crippen LogP contribution in [-0.4, -0.2) is 29.8 Å². The number of nitrogens with one attached hydrogen (secondary N) is 1. The Kier molecular flexibility index (Phi) is 4.02. The molecule has 2 aromatic rings. The first-order valence-corrected chi connectivity index (χ1v) is 5.59. The van der Waals surface area contributed by atoms with Gasteiger partial charge < -0.3 is 10.1 Å². The van der Waals surface area contributed by atoms with E-state index >= 15 is 0 Å².